The maximum absolute atomic E-state index is 12.2. The third-order valence-corrected chi connectivity index (χ3v) is 5.12. The molecule has 3 N–H and O–H groups in total. The van der Waals surface area contributed by atoms with Crippen LogP contribution in [0.2, 0.25) is 0 Å². The number of nitrogens with two attached hydrogens (primary N) is 1. The Kier molecular flexibility index (Phi) is 6.33. The second-order valence-corrected chi connectivity index (χ2v) is 7.36. The fraction of sp³-hybridized carbons (Fsp3) is 0.118. The Morgan fingerprint density at radius 1 is 1.17 bits per heavy atom. The van der Waals surface area contributed by atoms with Crippen LogP contribution in [0.1, 0.15) is 0 Å². The van der Waals surface area contributed by atoms with E-state index in [-0.39, 0.29) is 17.4 Å². The molecular formula is C17H13BrF3N5O2S. The number of benzene rings is 2. The number of thioether (sulfide) groups is 1. The summed E-state index contributed by atoms with van der Waals surface area (Å²) in [6.45, 7) is 0. The number of halogens is 4. The van der Waals surface area contributed by atoms with E-state index in [0.29, 0.717) is 16.7 Å². The number of alkyl halides is 3. The second kappa shape index (κ2) is 8.74. The molecule has 12 heteroatoms. The molecule has 3 rings (SSSR count). The molecule has 0 saturated carbocycles. The third kappa shape index (κ3) is 5.64. The molecule has 0 spiro atoms. The van der Waals surface area contributed by atoms with E-state index in [1.165, 1.54) is 16.8 Å². The van der Waals surface area contributed by atoms with Crippen LogP contribution in [-0.2, 0) is 4.79 Å². The van der Waals surface area contributed by atoms with Crippen molar-refractivity contribution in [3.63, 3.8) is 0 Å². The Balaban J connectivity index is 1.58. The van der Waals surface area contributed by atoms with E-state index in [9.17, 15) is 18.0 Å². The summed E-state index contributed by atoms with van der Waals surface area (Å²) in [6, 6.07) is 12.2. The zero-order valence-corrected chi connectivity index (χ0v) is 16.9. The van der Waals surface area contributed by atoms with Crippen molar-refractivity contribution >= 4 is 39.3 Å². The van der Waals surface area contributed by atoms with Gasteiger partial charge in [0.25, 0.3) is 0 Å². The molecule has 0 aliphatic heterocycles. The number of carbonyl (C=O) groups excluding carboxylic acids is 1. The molecule has 29 heavy (non-hydrogen) atoms. The van der Waals surface area contributed by atoms with Crippen LogP contribution < -0.4 is 15.9 Å². The van der Waals surface area contributed by atoms with E-state index in [2.05, 4.69) is 36.2 Å². The number of rotatable bonds is 6. The minimum absolute atomic E-state index is 0.0217. The number of amides is 1. The molecule has 7 nitrogen and oxygen atoms in total. The molecule has 1 amide bonds. The Bertz CT molecular complexity index is 1010. The molecule has 152 valence electrons. The van der Waals surface area contributed by atoms with Crippen molar-refractivity contribution in [1.82, 2.24) is 14.9 Å². The van der Waals surface area contributed by atoms with Gasteiger partial charge in [0.1, 0.15) is 5.75 Å². The normalized spacial score (nSPS) is 11.3. The third-order valence-electron chi connectivity index (χ3n) is 3.48. The lowest BCUT2D eigenvalue weighted by molar-refractivity contribution is -0.274. The zero-order valence-electron chi connectivity index (χ0n) is 14.5. The number of nitrogens with zero attached hydrogens (tertiary/aromatic N) is 3. The molecule has 0 saturated heterocycles. The van der Waals surface area contributed by atoms with Gasteiger partial charge in [-0.25, -0.2) is 4.68 Å². The van der Waals surface area contributed by atoms with Gasteiger partial charge < -0.3 is 15.9 Å². The van der Waals surface area contributed by atoms with E-state index >= 15 is 0 Å². The summed E-state index contributed by atoms with van der Waals surface area (Å²) >= 11 is 4.49. The van der Waals surface area contributed by atoms with E-state index in [4.69, 9.17) is 5.84 Å². The number of ether oxygens (including phenoxy) is 1. The van der Waals surface area contributed by atoms with Crippen LogP contribution in [0.15, 0.2) is 58.2 Å². The van der Waals surface area contributed by atoms with E-state index < -0.39 is 6.36 Å². The van der Waals surface area contributed by atoms with Crippen LogP contribution in [0.3, 0.4) is 0 Å². The molecule has 0 aliphatic rings. The van der Waals surface area contributed by atoms with E-state index in [1.807, 2.05) is 24.3 Å². The summed E-state index contributed by atoms with van der Waals surface area (Å²) in [6.07, 6.45) is -4.77. The van der Waals surface area contributed by atoms with Crippen molar-refractivity contribution in [3.8, 4) is 17.1 Å². The van der Waals surface area contributed by atoms with Crippen molar-refractivity contribution in [1.29, 1.82) is 0 Å². The number of nitrogen functional groups attached to an aromatic ring is 1. The van der Waals surface area contributed by atoms with Gasteiger partial charge in [-0.15, -0.1) is 23.4 Å². The Morgan fingerprint density at radius 2 is 1.86 bits per heavy atom. The maximum atomic E-state index is 12.2. The highest BCUT2D eigenvalue weighted by Gasteiger charge is 2.31. The van der Waals surface area contributed by atoms with Gasteiger partial charge in [-0.3, -0.25) is 4.79 Å². The Hall–Kier alpha value is -2.73. The molecule has 0 fully saturated rings. The first-order chi connectivity index (χ1) is 13.7. The molecule has 0 aliphatic carbocycles. The smallest absolute Gasteiger partial charge is 0.406 e. The lowest BCUT2D eigenvalue weighted by Crippen LogP contribution is -2.17. The van der Waals surface area contributed by atoms with Gasteiger partial charge in [-0.05, 0) is 36.4 Å². The number of nitrogens with one attached hydrogen (secondary N) is 1. The van der Waals surface area contributed by atoms with Gasteiger partial charge in [-0.2, -0.15) is 0 Å². The van der Waals surface area contributed by atoms with Crippen molar-refractivity contribution in [3.05, 3.63) is 53.0 Å². The minimum atomic E-state index is -4.77. The molecule has 0 bridgehead atoms. The van der Waals surface area contributed by atoms with Crippen molar-refractivity contribution in [2.24, 2.45) is 0 Å². The molecule has 0 atom stereocenters. The summed E-state index contributed by atoms with van der Waals surface area (Å²) in [7, 11) is 0. The van der Waals surface area contributed by atoms with Crippen LogP contribution in [0.5, 0.6) is 5.75 Å². The first-order valence-corrected chi connectivity index (χ1v) is 9.74. The zero-order chi connectivity index (χ0) is 21.0. The average molecular weight is 488 g/mol. The predicted molar refractivity (Wildman–Crippen MR) is 106 cm³/mol. The van der Waals surface area contributed by atoms with Gasteiger partial charge in [0.2, 0.25) is 11.1 Å². The maximum Gasteiger partial charge on any atom is 0.573 e. The second-order valence-electron chi connectivity index (χ2n) is 5.57. The van der Waals surface area contributed by atoms with Crippen LogP contribution >= 0.6 is 27.7 Å². The summed E-state index contributed by atoms with van der Waals surface area (Å²) in [5.41, 5.74) is 1.08. The fourth-order valence-corrected chi connectivity index (χ4v) is 3.39. The van der Waals surface area contributed by atoms with Gasteiger partial charge in [0.05, 0.1) is 5.75 Å². The number of carbonyl (C=O) groups is 1. The predicted octanol–water partition coefficient (Wildman–Crippen LogP) is 4.05. The molecule has 1 heterocycles. The highest BCUT2D eigenvalue weighted by Crippen LogP contribution is 2.28. The molecule has 0 unspecified atom stereocenters. The average Bonchev–Trinajstić information content (AvgIpc) is 3.01. The highest BCUT2D eigenvalue weighted by molar-refractivity contribution is 9.10. The van der Waals surface area contributed by atoms with E-state index in [0.717, 1.165) is 33.9 Å². The molecule has 2 aromatic carbocycles. The van der Waals surface area contributed by atoms with Gasteiger partial charge >= 0.3 is 6.36 Å². The lowest BCUT2D eigenvalue weighted by Gasteiger charge is -2.10. The topological polar surface area (TPSA) is 95.1 Å². The quantitative estimate of drug-likeness (QED) is 0.402. The monoisotopic (exact) mass is 487 g/mol. The SMILES string of the molecule is Nn1c(SCC(=O)Nc2ccc(OC(F)(F)F)cc2)nnc1-c1ccccc1Br. The number of hydrogen-bond donors (Lipinski definition) is 2. The Labute approximate surface area is 175 Å². The largest absolute Gasteiger partial charge is 0.573 e. The molecular weight excluding hydrogens is 475 g/mol. The van der Waals surface area contributed by atoms with Gasteiger partial charge in [0, 0.05) is 15.7 Å². The van der Waals surface area contributed by atoms with Crippen LogP contribution in [0.4, 0.5) is 18.9 Å². The number of anilines is 1. The van der Waals surface area contributed by atoms with Crippen molar-refractivity contribution in [2.45, 2.75) is 11.5 Å². The minimum Gasteiger partial charge on any atom is -0.406 e. The molecule has 0 radical (unpaired) electrons. The lowest BCUT2D eigenvalue weighted by atomic mass is 10.2. The Morgan fingerprint density at radius 3 is 2.52 bits per heavy atom. The summed E-state index contributed by atoms with van der Waals surface area (Å²) in [5, 5.41) is 10.9. The molecule has 1 aromatic heterocycles. The van der Waals surface area contributed by atoms with Crippen molar-refractivity contribution in [2.75, 3.05) is 16.9 Å². The van der Waals surface area contributed by atoms with Crippen LogP contribution in [0, 0.1) is 0 Å². The first-order valence-electron chi connectivity index (χ1n) is 7.97. The van der Waals surface area contributed by atoms with Gasteiger partial charge in [0.15, 0.2) is 5.82 Å². The van der Waals surface area contributed by atoms with Crippen LogP contribution in [0.25, 0.3) is 11.4 Å². The van der Waals surface area contributed by atoms with Gasteiger partial charge in [-0.1, -0.05) is 39.8 Å². The number of aromatic nitrogens is 3. The molecule has 3 aromatic rings. The van der Waals surface area contributed by atoms with Crippen LogP contribution in [-0.4, -0.2) is 32.9 Å². The summed E-state index contributed by atoms with van der Waals surface area (Å²) in [4.78, 5) is 12.1. The first kappa shape index (κ1) is 21.0. The summed E-state index contributed by atoms with van der Waals surface area (Å²) in [5.74, 6) is 5.67. The van der Waals surface area contributed by atoms with E-state index in [1.54, 1.807) is 0 Å². The van der Waals surface area contributed by atoms with Crippen molar-refractivity contribution < 1.29 is 22.7 Å². The highest BCUT2D eigenvalue weighted by atomic mass is 79.9. The fourth-order valence-electron chi connectivity index (χ4n) is 2.27. The summed E-state index contributed by atoms with van der Waals surface area (Å²) < 4.78 is 42.3. The number of hydrogen-bond acceptors (Lipinski definition) is 6. The standard InChI is InChI=1S/C17H13BrF3N5O2S/c18-13-4-2-1-3-12(13)15-24-25-16(26(15)22)29-9-14(27)23-10-5-7-11(8-6-10)28-17(19,20)21/h1-8H,9,22H2,(H,23,27).